The molecule has 106 valence electrons. The quantitative estimate of drug-likeness (QED) is 0.912. The van der Waals surface area contributed by atoms with E-state index >= 15 is 0 Å². The number of hydrogen-bond acceptors (Lipinski definition) is 4. The van der Waals surface area contributed by atoms with Crippen LogP contribution in [0.2, 0.25) is 0 Å². The zero-order chi connectivity index (χ0) is 14.5. The second-order valence-electron chi connectivity index (χ2n) is 4.67. The van der Waals surface area contributed by atoms with Crippen LogP contribution >= 0.6 is 15.9 Å². The fourth-order valence-electron chi connectivity index (χ4n) is 1.92. The number of nitrogens with zero attached hydrogens (tertiary/aromatic N) is 3. The van der Waals surface area contributed by atoms with Crippen molar-refractivity contribution in [1.29, 1.82) is 0 Å². The molecule has 0 radical (unpaired) electrons. The summed E-state index contributed by atoms with van der Waals surface area (Å²) in [7, 11) is 0. The molecule has 1 N–H and O–H groups in total. The molecule has 2 rings (SSSR count). The zero-order valence-electron chi connectivity index (χ0n) is 11.6. The van der Waals surface area contributed by atoms with Gasteiger partial charge in [0.15, 0.2) is 0 Å². The minimum atomic E-state index is -0.553. The molecule has 0 aliphatic rings. The highest BCUT2D eigenvalue weighted by Gasteiger charge is 2.14. The largest absolute Gasteiger partial charge is 0.387 e. The topological polar surface area (TPSA) is 49.2 Å². The van der Waals surface area contributed by atoms with Gasteiger partial charge in [-0.2, -0.15) is 0 Å². The second-order valence-corrected chi connectivity index (χ2v) is 5.58. The molecule has 0 amide bonds. The summed E-state index contributed by atoms with van der Waals surface area (Å²) in [5.74, 6) is 0.627. The molecule has 0 aliphatic heterocycles. The lowest BCUT2D eigenvalue weighted by Gasteiger charge is -2.24. The Morgan fingerprint density at radius 2 is 1.80 bits per heavy atom. The molecular weight excluding hydrogens is 318 g/mol. The smallest absolute Gasteiger partial charge is 0.225 e. The third-order valence-corrected chi connectivity index (χ3v) is 3.54. The Morgan fingerprint density at radius 1 is 1.20 bits per heavy atom. The number of aliphatic hydroxyl groups is 1. The van der Waals surface area contributed by atoms with Gasteiger partial charge in [-0.05, 0) is 35.3 Å². The van der Waals surface area contributed by atoms with Gasteiger partial charge >= 0.3 is 0 Å². The van der Waals surface area contributed by atoms with Crippen molar-refractivity contribution in [2.45, 2.75) is 20.0 Å². The summed E-state index contributed by atoms with van der Waals surface area (Å²) in [5.41, 5.74) is 2.09. The molecule has 0 saturated heterocycles. The molecule has 1 heterocycles. The van der Waals surface area contributed by atoms with Gasteiger partial charge in [-0.25, -0.2) is 9.97 Å². The van der Waals surface area contributed by atoms with Crippen molar-refractivity contribution in [3.05, 3.63) is 52.3 Å². The minimum Gasteiger partial charge on any atom is -0.387 e. The van der Waals surface area contributed by atoms with Crippen molar-refractivity contribution in [3.63, 3.8) is 0 Å². The highest BCUT2D eigenvalue weighted by Crippen LogP contribution is 2.18. The first kappa shape index (κ1) is 14.9. The van der Waals surface area contributed by atoms with Gasteiger partial charge in [-0.3, -0.25) is 0 Å². The molecular formula is C15H18BrN3O. The molecule has 4 nitrogen and oxygen atoms in total. The molecule has 2 aromatic rings. The maximum Gasteiger partial charge on any atom is 0.225 e. The third-order valence-electron chi connectivity index (χ3n) is 3.13. The summed E-state index contributed by atoms with van der Waals surface area (Å²) >= 11 is 3.32. The van der Waals surface area contributed by atoms with Crippen molar-refractivity contribution in [1.82, 2.24) is 9.97 Å². The van der Waals surface area contributed by atoms with Crippen molar-refractivity contribution in [3.8, 4) is 0 Å². The van der Waals surface area contributed by atoms with E-state index in [0.29, 0.717) is 12.5 Å². The first-order valence-corrected chi connectivity index (χ1v) is 7.36. The number of anilines is 1. The minimum absolute atomic E-state index is 0.473. The Balaban J connectivity index is 2.09. The molecule has 0 bridgehead atoms. The molecule has 0 aliphatic carbocycles. The molecule has 5 heteroatoms. The van der Waals surface area contributed by atoms with Crippen LogP contribution in [0, 0.1) is 6.92 Å². The van der Waals surface area contributed by atoms with E-state index in [-0.39, 0.29) is 0 Å². The molecule has 1 aromatic heterocycles. The highest BCUT2D eigenvalue weighted by molar-refractivity contribution is 9.10. The lowest BCUT2D eigenvalue weighted by Crippen LogP contribution is -2.29. The number of likely N-dealkylation sites (N-methyl/N-ethyl adjacent to an activating group) is 1. The molecule has 0 saturated carbocycles. The van der Waals surface area contributed by atoms with Crippen LogP contribution in [0.1, 0.15) is 24.2 Å². The lowest BCUT2D eigenvalue weighted by molar-refractivity contribution is 0.183. The summed E-state index contributed by atoms with van der Waals surface area (Å²) in [5, 5.41) is 10.3. The predicted octanol–water partition coefficient (Wildman–Crippen LogP) is 3.11. The van der Waals surface area contributed by atoms with Crippen molar-refractivity contribution in [2.24, 2.45) is 0 Å². The van der Waals surface area contributed by atoms with Gasteiger partial charge in [0.1, 0.15) is 0 Å². The van der Waals surface area contributed by atoms with E-state index in [9.17, 15) is 5.11 Å². The van der Waals surface area contributed by atoms with E-state index in [0.717, 1.165) is 16.6 Å². The van der Waals surface area contributed by atoms with E-state index in [1.807, 2.05) is 43.0 Å². The number of benzene rings is 1. The molecule has 0 spiro atoms. The van der Waals surface area contributed by atoms with Crippen molar-refractivity contribution >= 4 is 21.9 Å². The van der Waals surface area contributed by atoms with Gasteiger partial charge in [0, 0.05) is 18.9 Å². The van der Waals surface area contributed by atoms with Crippen LogP contribution in [0.4, 0.5) is 5.95 Å². The van der Waals surface area contributed by atoms with Crippen LogP contribution in [-0.2, 0) is 0 Å². The Morgan fingerprint density at radius 3 is 2.35 bits per heavy atom. The Bertz CT molecular complexity index is 542. The first-order valence-electron chi connectivity index (χ1n) is 6.57. The van der Waals surface area contributed by atoms with Crippen LogP contribution in [0.5, 0.6) is 0 Å². The molecule has 1 unspecified atom stereocenters. The lowest BCUT2D eigenvalue weighted by atomic mass is 10.1. The number of aryl methyl sites for hydroxylation is 1. The molecule has 20 heavy (non-hydrogen) atoms. The fourth-order valence-corrected chi connectivity index (χ4v) is 2.13. The van der Waals surface area contributed by atoms with Gasteiger partial charge < -0.3 is 10.0 Å². The van der Waals surface area contributed by atoms with Crippen LogP contribution in [0.3, 0.4) is 0 Å². The Labute approximate surface area is 127 Å². The number of aliphatic hydroxyl groups excluding tert-OH is 1. The number of halogens is 1. The normalized spacial score (nSPS) is 12.2. The van der Waals surface area contributed by atoms with Gasteiger partial charge in [0.2, 0.25) is 5.95 Å². The van der Waals surface area contributed by atoms with Gasteiger partial charge in [0.05, 0.1) is 17.1 Å². The van der Waals surface area contributed by atoms with Crippen LogP contribution in [-0.4, -0.2) is 28.2 Å². The van der Waals surface area contributed by atoms with Crippen LogP contribution < -0.4 is 4.90 Å². The van der Waals surface area contributed by atoms with E-state index in [2.05, 4.69) is 25.9 Å². The zero-order valence-corrected chi connectivity index (χ0v) is 13.2. The first-order chi connectivity index (χ1) is 9.60. The van der Waals surface area contributed by atoms with Gasteiger partial charge in [0.25, 0.3) is 0 Å². The summed E-state index contributed by atoms with van der Waals surface area (Å²) in [6.45, 7) is 5.27. The van der Waals surface area contributed by atoms with E-state index < -0.39 is 6.10 Å². The standard InChI is InChI=1S/C15H18BrN3O/c1-3-19(15-17-8-13(16)9-18-15)10-14(20)12-6-4-11(2)5-7-12/h4-9,14,20H,3,10H2,1-2H3. The number of hydrogen-bond donors (Lipinski definition) is 1. The Hall–Kier alpha value is -1.46. The number of rotatable bonds is 5. The molecule has 1 atom stereocenters. The fraction of sp³-hybridized carbons (Fsp3) is 0.333. The summed E-state index contributed by atoms with van der Waals surface area (Å²) in [6.07, 6.45) is 2.87. The summed E-state index contributed by atoms with van der Waals surface area (Å²) < 4.78 is 0.844. The monoisotopic (exact) mass is 335 g/mol. The maximum absolute atomic E-state index is 10.3. The second kappa shape index (κ2) is 6.81. The van der Waals surface area contributed by atoms with Crippen molar-refractivity contribution in [2.75, 3.05) is 18.0 Å². The number of aromatic nitrogens is 2. The van der Waals surface area contributed by atoms with Gasteiger partial charge in [-0.15, -0.1) is 0 Å². The summed E-state index contributed by atoms with van der Waals surface area (Å²) in [6, 6.07) is 7.92. The predicted molar refractivity (Wildman–Crippen MR) is 83.8 cm³/mol. The maximum atomic E-state index is 10.3. The average Bonchev–Trinajstić information content (AvgIpc) is 2.46. The van der Waals surface area contributed by atoms with Crippen molar-refractivity contribution < 1.29 is 5.11 Å². The SMILES string of the molecule is CCN(CC(O)c1ccc(C)cc1)c1ncc(Br)cn1. The molecule has 0 fully saturated rings. The van der Waals surface area contributed by atoms with E-state index in [4.69, 9.17) is 0 Å². The van der Waals surface area contributed by atoms with E-state index in [1.165, 1.54) is 5.56 Å². The Kier molecular flexibility index (Phi) is 5.09. The van der Waals surface area contributed by atoms with Crippen LogP contribution in [0.25, 0.3) is 0 Å². The van der Waals surface area contributed by atoms with Gasteiger partial charge in [-0.1, -0.05) is 29.8 Å². The third kappa shape index (κ3) is 3.77. The van der Waals surface area contributed by atoms with E-state index in [1.54, 1.807) is 12.4 Å². The van der Waals surface area contributed by atoms with Crippen LogP contribution in [0.15, 0.2) is 41.1 Å². The average molecular weight is 336 g/mol. The highest BCUT2D eigenvalue weighted by atomic mass is 79.9. The summed E-state index contributed by atoms with van der Waals surface area (Å²) in [4.78, 5) is 10.5. The molecule has 1 aromatic carbocycles.